The number of allylic oxidation sites excluding steroid dienone is 1. The molecule has 1 aromatic rings. The molecule has 5 nitrogen and oxygen atoms in total. The number of benzene rings is 1. The highest BCUT2D eigenvalue weighted by molar-refractivity contribution is 8.23. The lowest BCUT2D eigenvalue weighted by Crippen LogP contribution is -2.29. The summed E-state index contributed by atoms with van der Waals surface area (Å²) in [6, 6.07) is 6.42. The first-order valence-corrected chi connectivity index (χ1v) is 7.21. The van der Waals surface area contributed by atoms with Crippen LogP contribution < -0.4 is 0 Å². The minimum Gasteiger partial charge on any atom is -0.277 e. The molecule has 1 amide bonds. The maximum Gasteiger partial charge on any atom is 0.274 e. The first kappa shape index (κ1) is 13.9. The molecule has 7 heteroatoms. The van der Waals surface area contributed by atoms with E-state index in [0.717, 1.165) is 4.31 Å². The van der Waals surface area contributed by atoms with Gasteiger partial charge in [-0.05, 0) is 24.6 Å². The van der Waals surface area contributed by atoms with E-state index < -0.39 is 16.7 Å². The van der Waals surface area contributed by atoms with E-state index >= 15 is 0 Å². The molecule has 0 aliphatic carbocycles. The van der Waals surface area contributed by atoms with Gasteiger partial charge in [-0.1, -0.05) is 28.4 Å². The molecule has 2 N–H and O–H groups in total. The maximum absolute atomic E-state index is 12.2. The first-order chi connectivity index (χ1) is 8.89. The largest absolute Gasteiger partial charge is 0.277 e. The van der Waals surface area contributed by atoms with Crippen LogP contribution in [0.3, 0.4) is 0 Å². The Morgan fingerprint density at radius 2 is 2.26 bits per heavy atom. The van der Waals surface area contributed by atoms with Crippen molar-refractivity contribution in [1.29, 1.82) is 5.26 Å². The van der Waals surface area contributed by atoms with Crippen molar-refractivity contribution >= 4 is 28.3 Å². The van der Waals surface area contributed by atoms with Gasteiger partial charge in [0.05, 0.1) is 23.2 Å². The highest BCUT2D eigenvalue weighted by atomic mass is 35.5. The molecule has 0 atom stereocenters. The quantitative estimate of drug-likeness (QED) is 0.821. The molecule has 19 heavy (non-hydrogen) atoms. The average Bonchev–Trinajstić information content (AvgIpc) is 2.52. The Labute approximate surface area is 117 Å². The molecule has 0 saturated carbocycles. The number of hydrogen-bond acceptors (Lipinski definition) is 4. The van der Waals surface area contributed by atoms with E-state index in [0.29, 0.717) is 5.57 Å². The standard InChI is InChI=1S/C12H11ClN2O3S/c1-8(5-6-14)7-15-12(16)9-3-2-4-10(13)11(9)19(15,17)18/h2-5,17-18H,7H2,1H3. The number of nitrogens with zero attached hydrogens (tertiary/aromatic N) is 2. The normalized spacial score (nSPS) is 19.0. The molecular weight excluding hydrogens is 288 g/mol. The van der Waals surface area contributed by atoms with Gasteiger partial charge in [-0.25, -0.2) is 4.31 Å². The first-order valence-electron chi connectivity index (χ1n) is 5.33. The SMILES string of the molecule is CC(=CC#N)CN1C(=O)c2cccc(Cl)c2S1(O)O. The molecule has 1 aliphatic heterocycles. The van der Waals surface area contributed by atoms with Crippen molar-refractivity contribution in [3.63, 3.8) is 0 Å². The Hall–Kier alpha value is -1.52. The van der Waals surface area contributed by atoms with Crippen molar-refractivity contribution in [3.05, 3.63) is 40.4 Å². The fourth-order valence-corrected chi connectivity index (χ4v) is 4.06. The average molecular weight is 299 g/mol. The topological polar surface area (TPSA) is 84.6 Å². The molecule has 0 saturated heterocycles. The molecule has 1 heterocycles. The zero-order valence-electron chi connectivity index (χ0n) is 10.00. The second kappa shape index (κ2) is 4.87. The smallest absolute Gasteiger partial charge is 0.274 e. The van der Waals surface area contributed by atoms with Crippen molar-refractivity contribution in [2.75, 3.05) is 6.54 Å². The molecule has 0 bridgehead atoms. The van der Waals surface area contributed by atoms with E-state index in [1.165, 1.54) is 18.2 Å². The number of amides is 1. The monoisotopic (exact) mass is 298 g/mol. The lowest BCUT2D eigenvalue weighted by Gasteiger charge is -2.37. The Morgan fingerprint density at radius 3 is 2.84 bits per heavy atom. The van der Waals surface area contributed by atoms with Gasteiger partial charge in [0.2, 0.25) is 0 Å². The van der Waals surface area contributed by atoms with Crippen LogP contribution in [0.1, 0.15) is 17.3 Å². The van der Waals surface area contributed by atoms with Crippen LogP contribution in [0.5, 0.6) is 0 Å². The number of hydrogen-bond donors (Lipinski definition) is 2. The number of halogens is 1. The second-order valence-corrected chi connectivity index (χ2v) is 6.39. The summed E-state index contributed by atoms with van der Waals surface area (Å²) >= 11 is 5.94. The summed E-state index contributed by atoms with van der Waals surface area (Å²) in [5, 5.41) is 8.70. The molecule has 1 aliphatic rings. The molecule has 100 valence electrons. The number of nitriles is 1. The summed E-state index contributed by atoms with van der Waals surface area (Å²) in [4.78, 5) is 12.2. The van der Waals surface area contributed by atoms with Crippen molar-refractivity contribution in [2.24, 2.45) is 0 Å². The highest BCUT2D eigenvalue weighted by Crippen LogP contribution is 2.60. The van der Waals surface area contributed by atoms with E-state index in [4.69, 9.17) is 16.9 Å². The van der Waals surface area contributed by atoms with Gasteiger partial charge in [-0.3, -0.25) is 13.9 Å². The molecule has 1 aromatic carbocycles. The van der Waals surface area contributed by atoms with Crippen LogP contribution in [0, 0.1) is 11.3 Å². The lowest BCUT2D eigenvalue weighted by molar-refractivity contribution is 0.0870. The minimum absolute atomic E-state index is 0.0280. The van der Waals surface area contributed by atoms with Crippen molar-refractivity contribution in [3.8, 4) is 6.07 Å². The van der Waals surface area contributed by atoms with Crippen LogP contribution in [-0.4, -0.2) is 25.9 Å². The summed E-state index contributed by atoms with van der Waals surface area (Å²) < 4.78 is 21.4. The molecule has 2 rings (SSSR count). The summed E-state index contributed by atoms with van der Waals surface area (Å²) in [6.07, 6.45) is 1.26. The number of fused-ring (bicyclic) bond motifs is 1. The van der Waals surface area contributed by atoms with Crippen LogP contribution >= 0.6 is 22.4 Å². The summed E-state index contributed by atoms with van der Waals surface area (Å²) in [6.45, 7) is 1.61. The lowest BCUT2D eigenvalue weighted by atomic mass is 10.2. The van der Waals surface area contributed by atoms with Crippen LogP contribution in [0.2, 0.25) is 5.02 Å². The van der Waals surface area contributed by atoms with Gasteiger partial charge in [0.1, 0.15) is 4.90 Å². The van der Waals surface area contributed by atoms with Gasteiger partial charge in [-0.15, -0.1) is 0 Å². The predicted molar refractivity (Wildman–Crippen MR) is 73.0 cm³/mol. The van der Waals surface area contributed by atoms with Crippen molar-refractivity contribution in [1.82, 2.24) is 4.31 Å². The van der Waals surface area contributed by atoms with E-state index in [1.807, 2.05) is 6.07 Å². The maximum atomic E-state index is 12.2. The second-order valence-electron chi connectivity index (χ2n) is 4.10. The third-order valence-electron chi connectivity index (χ3n) is 2.71. The Balaban J connectivity index is 2.47. The van der Waals surface area contributed by atoms with E-state index in [1.54, 1.807) is 13.0 Å². The highest BCUT2D eigenvalue weighted by Gasteiger charge is 2.42. The predicted octanol–water partition coefficient (Wildman–Crippen LogP) is 3.29. The van der Waals surface area contributed by atoms with Gasteiger partial charge < -0.3 is 0 Å². The molecule has 0 fully saturated rings. The Bertz CT molecular complexity index is 622. The fourth-order valence-electron chi connectivity index (χ4n) is 1.86. The van der Waals surface area contributed by atoms with Crippen LogP contribution in [0.15, 0.2) is 34.7 Å². The van der Waals surface area contributed by atoms with Crippen LogP contribution in [0.25, 0.3) is 0 Å². The van der Waals surface area contributed by atoms with E-state index in [2.05, 4.69) is 0 Å². The number of carbonyl (C=O) groups is 1. The van der Waals surface area contributed by atoms with Gasteiger partial charge in [0.15, 0.2) is 0 Å². The van der Waals surface area contributed by atoms with Crippen molar-refractivity contribution in [2.45, 2.75) is 11.8 Å². The Morgan fingerprint density at radius 1 is 1.58 bits per heavy atom. The van der Waals surface area contributed by atoms with Gasteiger partial charge in [0, 0.05) is 6.08 Å². The molecule has 0 unspecified atom stereocenters. The third-order valence-corrected chi connectivity index (χ3v) is 5.03. The third kappa shape index (κ3) is 2.22. The van der Waals surface area contributed by atoms with E-state index in [9.17, 15) is 13.9 Å². The van der Waals surface area contributed by atoms with Gasteiger partial charge >= 0.3 is 0 Å². The summed E-state index contributed by atoms with van der Waals surface area (Å²) in [5.41, 5.74) is 0.747. The van der Waals surface area contributed by atoms with Gasteiger partial charge in [-0.2, -0.15) is 5.26 Å². The van der Waals surface area contributed by atoms with Crippen LogP contribution in [-0.2, 0) is 0 Å². The number of rotatable bonds is 2. The minimum atomic E-state index is -3.44. The summed E-state index contributed by atoms with van der Waals surface area (Å²) in [5.74, 6) is -0.497. The zero-order valence-corrected chi connectivity index (χ0v) is 11.6. The van der Waals surface area contributed by atoms with E-state index in [-0.39, 0.29) is 22.0 Å². The molecule has 0 radical (unpaired) electrons. The molecule has 0 aromatic heterocycles. The number of carbonyl (C=O) groups excluding carboxylic acids is 1. The summed E-state index contributed by atoms with van der Waals surface area (Å²) in [7, 11) is -3.44. The zero-order chi connectivity index (χ0) is 14.2. The van der Waals surface area contributed by atoms with Crippen molar-refractivity contribution < 1.29 is 13.9 Å². The van der Waals surface area contributed by atoms with Gasteiger partial charge in [0.25, 0.3) is 5.91 Å². The molecular formula is C12H11ClN2O3S. The van der Waals surface area contributed by atoms with Crippen LogP contribution in [0.4, 0.5) is 0 Å². The fraction of sp³-hybridized carbons (Fsp3) is 0.167. The molecule has 0 spiro atoms. The Kier molecular flexibility index (Phi) is 3.56.